The Kier molecular flexibility index (Phi) is 7.67. The quantitative estimate of drug-likeness (QED) is 0.636. The molecule has 0 fully saturated rings. The number of aryl methyl sites for hydroxylation is 2. The number of nitrogens with one attached hydrogen (secondary N) is 2. The van der Waals surface area contributed by atoms with Crippen LogP contribution in [0.25, 0.3) is 0 Å². The minimum atomic E-state index is -0.475. The second-order valence-corrected chi connectivity index (χ2v) is 8.69. The fourth-order valence-corrected chi connectivity index (χ4v) is 3.04. The summed E-state index contributed by atoms with van der Waals surface area (Å²) in [7, 11) is 0. The molecule has 0 aliphatic rings. The molecule has 2 aromatic rings. The molecule has 0 bridgehead atoms. The summed E-state index contributed by atoms with van der Waals surface area (Å²) in [5.41, 5.74) is 7.84. The lowest BCUT2D eigenvalue weighted by Crippen LogP contribution is -2.45. The van der Waals surface area contributed by atoms with Gasteiger partial charge in [-0.3, -0.25) is 20.4 Å². The molecule has 156 valence electrons. The van der Waals surface area contributed by atoms with Crippen LogP contribution in [0.1, 0.15) is 37.5 Å². The second kappa shape index (κ2) is 9.78. The van der Waals surface area contributed by atoms with E-state index in [2.05, 4.69) is 47.6 Å². The average Bonchev–Trinajstić information content (AvgIpc) is 2.63. The lowest BCUT2D eigenvalue weighted by molar-refractivity contribution is -0.131. The van der Waals surface area contributed by atoms with Crippen LogP contribution in [0, 0.1) is 13.8 Å². The number of halogens is 1. The van der Waals surface area contributed by atoms with E-state index < -0.39 is 11.8 Å². The minimum absolute atomic E-state index is 0.0158. The number of amides is 2. The van der Waals surface area contributed by atoms with E-state index in [-0.39, 0.29) is 18.6 Å². The van der Waals surface area contributed by atoms with E-state index in [0.717, 1.165) is 21.2 Å². The Balaban J connectivity index is 1.76. The zero-order valence-electron chi connectivity index (χ0n) is 17.4. The highest BCUT2D eigenvalue weighted by Crippen LogP contribution is 2.31. The van der Waals surface area contributed by atoms with Crippen molar-refractivity contribution in [2.45, 2.75) is 40.0 Å². The van der Waals surface area contributed by atoms with E-state index in [1.807, 2.05) is 50.2 Å². The van der Waals surface area contributed by atoms with Gasteiger partial charge in [-0.2, -0.15) is 0 Å². The van der Waals surface area contributed by atoms with Gasteiger partial charge in [0.05, 0.1) is 4.47 Å². The van der Waals surface area contributed by atoms with Gasteiger partial charge in [-0.05, 0) is 64.5 Å². The standard InChI is InChI=1S/C22H27BrN2O4/c1-14-6-8-18(15(2)10-14)28-12-20(26)24-25-21(27)13-29-19-9-7-16(11-17(19)23)22(3,4)5/h6-11H,12-13H2,1-5H3,(H,24,26)(H,25,27). The molecule has 0 heterocycles. The average molecular weight is 463 g/mol. The van der Waals surface area contributed by atoms with E-state index in [1.54, 1.807) is 0 Å². The molecule has 2 amide bonds. The molecule has 0 unspecified atom stereocenters. The highest BCUT2D eigenvalue weighted by molar-refractivity contribution is 9.10. The first-order valence-electron chi connectivity index (χ1n) is 9.27. The first-order chi connectivity index (χ1) is 13.6. The molecule has 2 rings (SSSR count). The van der Waals surface area contributed by atoms with Crippen molar-refractivity contribution in [2.75, 3.05) is 13.2 Å². The number of ether oxygens (including phenoxy) is 2. The number of benzene rings is 2. The molecule has 0 saturated carbocycles. The number of hydrogen-bond donors (Lipinski definition) is 2. The smallest absolute Gasteiger partial charge is 0.276 e. The molecule has 0 spiro atoms. The summed E-state index contributed by atoms with van der Waals surface area (Å²) < 4.78 is 11.7. The van der Waals surface area contributed by atoms with Gasteiger partial charge in [0.25, 0.3) is 11.8 Å². The van der Waals surface area contributed by atoms with Crippen LogP contribution >= 0.6 is 15.9 Å². The Morgan fingerprint density at radius 2 is 1.45 bits per heavy atom. The molecule has 0 saturated heterocycles. The SMILES string of the molecule is Cc1ccc(OCC(=O)NNC(=O)COc2ccc(C(C)(C)C)cc2Br)c(C)c1. The van der Waals surface area contributed by atoms with Crippen molar-refractivity contribution in [3.63, 3.8) is 0 Å². The van der Waals surface area contributed by atoms with Crippen LogP contribution in [-0.2, 0) is 15.0 Å². The molecule has 0 aliphatic carbocycles. The predicted molar refractivity (Wildman–Crippen MR) is 116 cm³/mol. The molecular formula is C22H27BrN2O4. The molecule has 0 aliphatic heterocycles. The first kappa shape index (κ1) is 22.7. The van der Waals surface area contributed by atoms with Crippen LogP contribution in [0.5, 0.6) is 11.5 Å². The number of carbonyl (C=O) groups is 2. The van der Waals surface area contributed by atoms with Crippen LogP contribution < -0.4 is 20.3 Å². The molecule has 2 N–H and O–H groups in total. The third kappa shape index (κ3) is 7.09. The van der Waals surface area contributed by atoms with Gasteiger partial charge in [-0.15, -0.1) is 0 Å². The minimum Gasteiger partial charge on any atom is -0.483 e. The fraction of sp³-hybridized carbons (Fsp3) is 0.364. The number of hydrazine groups is 1. The monoisotopic (exact) mass is 462 g/mol. The van der Waals surface area contributed by atoms with E-state index in [9.17, 15) is 9.59 Å². The normalized spacial score (nSPS) is 11.0. The van der Waals surface area contributed by atoms with Crippen molar-refractivity contribution in [3.8, 4) is 11.5 Å². The molecule has 7 heteroatoms. The molecule has 0 atom stereocenters. The molecule has 0 aromatic heterocycles. The highest BCUT2D eigenvalue weighted by atomic mass is 79.9. The van der Waals surface area contributed by atoms with Crippen LogP contribution in [0.15, 0.2) is 40.9 Å². The summed E-state index contributed by atoms with van der Waals surface area (Å²) >= 11 is 3.46. The molecule has 2 aromatic carbocycles. The summed E-state index contributed by atoms with van der Waals surface area (Å²) in [5.74, 6) is 0.243. The maximum Gasteiger partial charge on any atom is 0.276 e. The molecule has 6 nitrogen and oxygen atoms in total. The third-order valence-electron chi connectivity index (χ3n) is 4.19. The Morgan fingerprint density at radius 1 is 0.897 bits per heavy atom. The Morgan fingerprint density at radius 3 is 1.97 bits per heavy atom. The molecular weight excluding hydrogens is 436 g/mol. The maximum atomic E-state index is 11.9. The predicted octanol–water partition coefficient (Wildman–Crippen LogP) is 3.97. The molecule has 0 radical (unpaired) electrons. The number of carbonyl (C=O) groups excluding carboxylic acids is 2. The van der Waals surface area contributed by atoms with Gasteiger partial charge < -0.3 is 9.47 Å². The summed E-state index contributed by atoms with van der Waals surface area (Å²) in [4.78, 5) is 23.8. The van der Waals surface area contributed by atoms with E-state index >= 15 is 0 Å². The van der Waals surface area contributed by atoms with Gasteiger partial charge in [0.1, 0.15) is 11.5 Å². The van der Waals surface area contributed by atoms with Crippen LogP contribution in [0.2, 0.25) is 0 Å². The zero-order valence-corrected chi connectivity index (χ0v) is 19.0. The number of rotatable bonds is 6. The topological polar surface area (TPSA) is 76.7 Å². The maximum absolute atomic E-state index is 11.9. The van der Waals surface area contributed by atoms with Crippen molar-refractivity contribution >= 4 is 27.7 Å². The van der Waals surface area contributed by atoms with Crippen molar-refractivity contribution in [1.29, 1.82) is 0 Å². The summed E-state index contributed by atoms with van der Waals surface area (Å²) in [5, 5.41) is 0. The van der Waals surface area contributed by atoms with Crippen molar-refractivity contribution in [3.05, 3.63) is 57.6 Å². The van der Waals surface area contributed by atoms with E-state index in [4.69, 9.17) is 9.47 Å². The van der Waals surface area contributed by atoms with Crippen LogP contribution in [0.3, 0.4) is 0 Å². The summed E-state index contributed by atoms with van der Waals surface area (Å²) in [6.45, 7) is 9.82. The van der Waals surface area contributed by atoms with Crippen molar-refractivity contribution in [1.82, 2.24) is 10.9 Å². The third-order valence-corrected chi connectivity index (χ3v) is 4.81. The van der Waals surface area contributed by atoms with E-state index in [1.165, 1.54) is 0 Å². The highest BCUT2D eigenvalue weighted by Gasteiger charge is 2.16. The van der Waals surface area contributed by atoms with Gasteiger partial charge in [0.15, 0.2) is 13.2 Å². The van der Waals surface area contributed by atoms with Gasteiger partial charge >= 0.3 is 0 Å². The Bertz CT molecular complexity index is 891. The Labute approximate surface area is 180 Å². The first-order valence-corrected chi connectivity index (χ1v) is 10.1. The van der Waals surface area contributed by atoms with Gasteiger partial charge in [-0.1, -0.05) is 44.5 Å². The Hall–Kier alpha value is -2.54. The second-order valence-electron chi connectivity index (χ2n) is 7.84. The summed E-state index contributed by atoms with van der Waals surface area (Å²) in [6, 6.07) is 11.4. The van der Waals surface area contributed by atoms with Crippen molar-refractivity contribution < 1.29 is 19.1 Å². The van der Waals surface area contributed by atoms with Crippen LogP contribution in [-0.4, -0.2) is 25.0 Å². The van der Waals surface area contributed by atoms with Crippen LogP contribution in [0.4, 0.5) is 0 Å². The lowest BCUT2D eigenvalue weighted by atomic mass is 9.87. The van der Waals surface area contributed by atoms with Gasteiger partial charge in [0.2, 0.25) is 0 Å². The van der Waals surface area contributed by atoms with Crippen molar-refractivity contribution in [2.24, 2.45) is 0 Å². The fourth-order valence-electron chi connectivity index (χ4n) is 2.54. The zero-order chi connectivity index (χ0) is 21.6. The molecule has 29 heavy (non-hydrogen) atoms. The lowest BCUT2D eigenvalue weighted by Gasteiger charge is -2.20. The van der Waals surface area contributed by atoms with Gasteiger partial charge in [0, 0.05) is 0 Å². The van der Waals surface area contributed by atoms with E-state index in [0.29, 0.717) is 11.5 Å². The largest absolute Gasteiger partial charge is 0.483 e. The summed E-state index contributed by atoms with van der Waals surface area (Å²) in [6.07, 6.45) is 0. The van der Waals surface area contributed by atoms with Gasteiger partial charge in [-0.25, -0.2) is 0 Å². The number of hydrogen-bond acceptors (Lipinski definition) is 4.